The first-order chi connectivity index (χ1) is 13.5. The molecule has 4 rings (SSSR count). The molecule has 0 unspecified atom stereocenters. The Labute approximate surface area is 164 Å². The summed E-state index contributed by atoms with van der Waals surface area (Å²) in [6, 6.07) is 13.8. The van der Waals surface area contributed by atoms with Crippen molar-refractivity contribution in [3.05, 3.63) is 54.1 Å². The van der Waals surface area contributed by atoms with Crippen LogP contribution in [-0.4, -0.2) is 39.9 Å². The van der Waals surface area contributed by atoms with Crippen molar-refractivity contribution in [2.45, 2.75) is 24.2 Å². The molecule has 0 spiro atoms. The number of hydrogen-bond acceptors (Lipinski definition) is 4. The quantitative estimate of drug-likeness (QED) is 0.829. The first-order valence-electron chi connectivity index (χ1n) is 9.24. The molecule has 0 aromatic heterocycles. The molecule has 8 heteroatoms. The van der Waals surface area contributed by atoms with Crippen LogP contribution in [0.15, 0.2) is 53.4 Å². The first kappa shape index (κ1) is 18.6. The SMILES string of the molecule is O=C1CCCN1c1ccc(S(=O)(=O)NCC(=O)N2CCc3ccccc32)cc1. The number of sulfonamides is 1. The Kier molecular flexibility index (Phi) is 4.91. The standard InChI is InChI=1S/C20H21N3O4S/c24-19-6-3-12-22(19)16-7-9-17(10-8-16)28(26,27)21-14-20(25)23-13-11-15-4-1-2-5-18(15)23/h1-2,4-5,7-10,21H,3,6,11-14H2. The smallest absolute Gasteiger partial charge is 0.242 e. The summed E-state index contributed by atoms with van der Waals surface area (Å²) in [5.41, 5.74) is 2.61. The van der Waals surface area contributed by atoms with Crippen LogP contribution in [0.1, 0.15) is 18.4 Å². The molecule has 0 saturated carbocycles. The van der Waals surface area contributed by atoms with Gasteiger partial charge in [0, 0.05) is 30.9 Å². The fourth-order valence-electron chi connectivity index (χ4n) is 3.66. The van der Waals surface area contributed by atoms with Gasteiger partial charge in [-0.15, -0.1) is 0 Å². The molecule has 0 bridgehead atoms. The van der Waals surface area contributed by atoms with Gasteiger partial charge in [-0.2, -0.15) is 0 Å². The van der Waals surface area contributed by atoms with Crippen molar-refractivity contribution in [3.63, 3.8) is 0 Å². The summed E-state index contributed by atoms with van der Waals surface area (Å²) in [5, 5.41) is 0. The van der Waals surface area contributed by atoms with E-state index in [9.17, 15) is 18.0 Å². The van der Waals surface area contributed by atoms with Crippen LogP contribution in [-0.2, 0) is 26.0 Å². The van der Waals surface area contributed by atoms with Crippen LogP contribution in [0.5, 0.6) is 0 Å². The van der Waals surface area contributed by atoms with Crippen molar-refractivity contribution >= 4 is 33.2 Å². The van der Waals surface area contributed by atoms with Crippen LogP contribution >= 0.6 is 0 Å². The number of para-hydroxylation sites is 1. The van der Waals surface area contributed by atoms with Gasteiger partial charge >= 0.3 is 0 Å². The molecule has 2 aromatic rings. The average Bonchev–Trinajstić information content (AvgIpc) is 3.32. The van der Waals surface area contributed by atoms with E-state index in [-0.39, 0.29) is 23.3 Å². The molecule has 1 saturated heterocycles. The molecule has 146 valence electrons. The zero-order valence-corrected chi connectivity index (χ0v) is 16.1. The largest absolute Gasteiger partial charge is 0.312 e. The Morgan fingerprint density at radius 2 is 1.75 bits per heavy atom. The van der Waals surface area contributed by atoms with Crippen molar-refractivity contribution in [1.82, 2.24) is 4.72 Å². The Balaban J connectivity index is 1.42. The third-order valence-corrected chi connectivity index (χ3v) is 6.55. The molecule has 0 radical (unpaired) electrons. The van der Waals surface area contributed by atoms with Gasteiger partial charge in [-0.05, 0) is 48.7 Å². The Morgan fingerprint density at radius 3 is 2.46 bits per heavy atom. The van der Waals surface area contributed by atoms with Gasteiger partial charge in [0.15, 0.2) is 0 Å². The number of anilines is 2. The number of nitrogens with zero attached hydrogens (tertiary/aromatic N) is 2. The number of carbonyl (C=O) groups excluding carboxylic acids is 2. The average molecular weight is 399 g/mol. The molecule has 2 aliphatic heterocycles. The highest BCUT2D eigenvalue weighted by molar-refractivity contribution is 7.89. The molecule has 0 aliphatic carbocycles. The molecule has 28 heavy (non-hydrogen) atoms. The number of hydrogen-bond donors (Lipinski definition) is 1. The first-order valence-corrected chi connectivity index (χ1v) is 10.7. The lowest BCUT2D eigenvalue weighted by molar-refractivity contribution is -0.118. The van der Waals surface area contributed by atoms with Gasteiger partial charge < -0.3 is 9.80 Å². The molecule has 1 N–H and O–H groups in total. The summed E-state index contributed by atoms with van der Waals surface area (Å²) in [6.45, 7) is 0.899. The lowest BCUT2D eigenvalue weighted by Crippen LogP contribution is -2.39. The second kappa shape index (κ2) is 7.37. The summed E-state index contributed by atoms with van der Waals surface area (Å²) in [6.07, 6.45) is 2.09. The topological polar surface area (TPSA) is 86.8 Å². The minimum Gasteiger partial charge on any atom is -0.312 e. The van der Waals surface area contributed by atoms with Crippen molar-refractivity contribution in [1.29, 1.82) is 0 Å². The summed E-state index contributed by atoms with van der Waals surface area (Å²) in [4.78, 5) is 27.6. The van der Waals surface area contributed by atoms with E-state index < -0.39 is 10.0 Å². The Morgan fingerprint density at radius 1 is 1.00 bits per heavy atom. The van der Waals surface area contributed by atoms with Gasteiger partial charge in [0.05, 0.1) is 11.4 Å². The second-order valence-corrected chi connectivity index (χ2v) is 8.66. The third-order valence-electron chi connectivity index (χ3n) is 5.13. The van der Waals surface area contributed by atoms with Gasteiger partial charge in [-0.3, -0.25) is 9.59 Å². The van der Waals surface area contributed by atoms with E-state index in [4.69, 9.17) is 0 Å². The highest BCUT2D eigenvalue weighted by atomic mass is 32.2. The Hall–Kier alpha value is -2.71. The number of carbonyl (C=O) groups is 2. The highest BCUT2D eigenvalue weighted by Crippen LogP contribution is 2.27. The van der Waals surface area contributed by atoms with E-state index in [1.54, 1.807) is 21.9 Å². The predicted octanol–water partition coefficient (Wildman–Crippen LogP) is 1.68. The van der Waals surface area contributed by atoms with E-state index in [2.05, 4.69) is 4.72 Å². The fraction of sp³-hybridized carbons (Fsp3) is 0.300. The summed E-state index contributed by atoms with van der Waals surface area (Å²) >= 11 is 0. The highest BCUT2D eigenvalue weighted by Gasteiger charge is 2.26. The number of nitrogens with one attached hydrogen (secondary N) is 1. The van der Waals surface area contributed by atoms with E-state index >= 15 is 0 Å². The molecular formula is C20H21N3O4S. The van der Waals surface area contributed by atoms with Gasteiger partial charge in [-0.25, -0.2) is 13.1 Å². The maximum atomic E-state index is 12.5. The zero-order chi connectivity index (χ0) is 19.7. The normalized spacial score (nSPS) is 16.5. The van der Waals surface area contributed by atoms with Gasteiger partial charge in [0.25, 0.3) is 0 Å². The van der Waals surface area contributed by atoms with E-state index in [1.807, 2.05) is 24.3 Å². The summed E-state index contributed by atoms with van der Waals surface area (Å²) < 4.78 is 27.4. The Bertz CT molecular complexity index is 1020. The molecule has 2 aromatic carbocycles. The van der Waals surface area contributed by atoms with E-state index in [0.29, 0.717) is 25.2 Å². The maximum absolute atomic E-state index is 12.5. The van der Waals surface area contributed by atoms with Crippen molar-refractivity contribution in [2.24, 2.45) is 0 Å². The zero-order valence-electron chi connectivity index (χ0n) is 15.3. The molecule has 2 aliphatic rings. The van der Waals surface area contributed by atoms with Gasteiger partial charge in [-0.1, -0.05) is 18.2 Å². The molecule has 2 amide bonds. The lowest BCUT2D eigenvalue weighted by atomic mass is 10.2. The van der Waals surface area contributed by atoms with Crippen LogP contribution in [0.3, 0.4) is 0 Å². The second-order valence-electron chi connectivity index (χ2n) is 6.89. The van der Waals surface area contributed by atoms with E-state index in [0.717, 1.165) is 24.1 Å². The van der Waals surface area contributed by atoms with Crippen molar-refractivity contribution in [3.8, 4) is 0 Å². The van der Waals surface area contributed by atoms with Crippen molar-refractivity contribution < 1.29 is 18.0 Å². The lowest BCUT2D eigenvalue weighted by Gasteiger charge is -2.18. The summed E-state index contributed by atoms with van der Waals surface area (Å²) in [7, 11) is -3.82. The maximum Gasteiger partial charge on any atom is 0.242 e. The number of benzene rings is 2. The minimum absolute atomic E-state index is 0.0465. The van der Waals surface area contributed by atoms with Crippen LogP contribution in [0.2, 0.25) is 0 Å². The van der Waals surface area contributed by atoms with Crippen molar-refractivity contribution in [2.75, 3.05) is 29.4 Å². The summed E-state index contributed by atoms with van der Waals surface area (Å²) in [5.74, 6) is -0.238. The van der Waals surface area contributed by atoms with Gasteiger partial charge in [0.2, 0.25) is 21.8 Å². The molecule has 0 atom stereocenters. The minimum atomic E-state index is -3.82. The monoisotopic (exact) mass is 399 g/mol. The molecule has 7 nitrogen and oxygen atoms in total. The fourth-order valence-corrected chi connectivity index (χ4v) is 4.63. The third kappa shape index (κ3) is 3.53. The molecule has 1 fully saturated rings. The van der Waals surface area contributed by atoms with Crippen LogP contribution in [0.4, 0.5) is 11.4 Å². The molecule has 2 heterocycles. The molecular weight excluding hydrogens is 378 g/mol. The van der Waals surface area contributed by atoms with E-state index in [1.165, 1.54) is 12.1 Å². The van der Waals surface area contributed by atoms with Crippen LogP contribution < -0.4 is 14.5 Å². The number of amides is 2. The number of fused-ring (bicyclic) bond motifs is 1. The van der Waals surface area contributed by atoms with Crippen LogP contribution in [0.25, 0.3) is 0 Å². The number of rotatable bonds is 5. The predicted molar refractivity (Wildman–Crippen MR) is 106 cm³/mol. The van der Waals surface area contributed by atoms with Gasteiger partial charge in [0.1, 0.15) is 0 Å². The van der Waals surface area contributed by atoms with Crippen LogP contribution in [0, 0.1) is 0 Å².